The predicted octanol–water partition coefficient (Wildman–Crippen LogP) is 2.31. The molecule has 0 saturated carbocycles. The van der Waals surface area contributed by atoms with Crippen molar-refractivity contribution < 1.29 is 4.79 Å². The summed E-state index contributed by atoms with van der Waals surface area (Å²) in [6.45, 7) is 0. The van der Waals surface area contributed by atoms with Crippen molar-refractivity contribution in [1.82, 2.24) is 4.98 Å². The van der Waals surface area contributed by atoms with Crippen LogP contribution in [-0.2, 0) is 6.42 Å². The number of pyridine rings is 1. The molecule has 0 unspecified atom stereocenters. The monoisotopic (exact) mass is 339 g/mol. The number of nitrogens with zero attached hydrogens (tertiary/aromatic N) is 2. The molecule has 0 fully saturated rings. The Bertz CT molecular complexity index is 912. The van der Waals surface area contributed by atoms with E-state index >= 15 is 0 Å². The van der Waals surface area contributed by atoms with Gasteiger partial charge in [-0.1, -0.05) is 30.3 Å². The molecule has 6 nitrogen and oxygen atoms in total. The molecule has 0 bridgehead atoms. The zero-order valence-electron chi connectivity index (χ0n) is 13.1. The molecule has 7 heteroatoms. The van der Waals surface area contributed by atoms with Gasteiger partial charge in [0.2, 0.25) is 0 Å². The van der Waals surface area contributed by atoms with Crippen LogP contribution in [0.1, 0.15) is 26.4 Å². The van der Waals surface area contributed by atoms with Gasteiger partial charge in [-0.25, -0.2) is 4.98 Å². The van der Waals surface area contributed by atoms with Crippen molar-refractivity contribution in [2.75, 3.05) is 18.5 Å². The van der Waals surface area contributed by atoms with Crippen LogP contribution in [0.25, 0.3) is 10.2 Å². The lowest BCUT2D eigenvalue weighted by Crippen LogP contribution is -2.02. The molecule has 3 aromatic rings. The molecule has 0 spiro atoms. The molecule has 1 aromatic carbocycles. The SMILES string of the molecule is CN.N#Cc1c(N)nc2sc(C=O)c(N)c2c1Cc1ccccc1. The number of carbonyl (C=O) groups is 1. The lowest BCUT2D eigenvalue weighted by molar-refractivity contribution is 0.112. The van der Waals surface area contributed by atoms with Crippen LogP contribution in [-0.4, -0.2) is 18.3 Å². The second kappa shape index (κ2) is 7.55. The van der Waals surface area contributed by atoms with Gasteiger partial charge in [-0.15, -0.1) is 11.3 Å². The molecule has 0 atom stereocenters. The smallest absolute Gasteiger partial charge is 0.162 e. The normalized spacial score (nSPS) is 9.88. The number of hydrogen-bond acceptors (Lipinski definition) is 7. The Balaban J connectivity index is 0.00000100. The number of rotatable bonds is 3. The number of fused-ring (bicyclic) bond motifs is 1. The average Bonchev–Trinajstić information content (AvgIpc) is 2.93. The number of thiophene rings is 1. The summed E-state index contributed by atoms with van der Waals surface area (Å²) in [7, 11) is 1.50. The fourth-order valence-electron chi connectivity index (χ4n) is 2.45. The number of aldehydes is 1. The molecule has 6 N–H and O–H groups in total. The first kappa shape index (κ1) is 17.4. The van der Waals surface area contributed by atoms with E-state index in [-0.39, 0.29) is 5.82 Å². The Kier molecular flexibility index (Phi) is 5.47. The summed E-state index contributed by atoms with van der Waals surface area (Å²) in [6.07, 6.45) is 1.21. The Morgan fingerprint density at radius 2 is 1.92 bits per heavy atom. The summed E-state index contributed by atoms with van der Waals surface area (Å²) >= 11 is 1.19. The minimum Gasteiger partial charge on any atom is -0.397 e. The molecule has 0 amide bonds. The predicted molar refractivity (Wildman–Crippen MR) is 97.9 cm³/mol. The van der Waals surface area contributed by atoms with Crippen LogP contribution in [0.2, 0.25) is 0 Å². The molecule has 0 radical (unpaired) electrons. The highest BCUT2D eigenvalue weighted by Crippen LogP contribution is 2.37. The van der Waals surface area contributed by atoms with Crippen molar-refractivity contribution in [3.63, 3.8) is 0 Å². The lowest BCUT2D eigenvalue weighted by atomic mass is 9.97. The van der Waals surface area contributed by atoms with Gasteiger partial charge in [0.05, 0.1) is 16.1 Å². The fourth-order valence-corrected chi connectivity index (χ4v) is 3.40. The first-order valence-electron chi connectivity index (χ1n) is 7.13. The van der Waals surface area contributed by atoms with Gasteiger partial charge in [0.25, 0.3) is 0 Å². The third-order valence-corrected chi connectivity index (χ3v) is 4.50. The largest absolute Gasteiger partial charge is 0.397 e. The third-order valence-electron chi connectivity index (χ3n) is 3.48. The average molecular weight is 339 g/mol. The number of nitriles is 1. The third kappa shape index (κ3) is 3.06. The zero-order chi connectivity index (χ0) is 17.7. The van der Waals surface area contributed by atoms with Crippen LogP contribution >= 0.6 is 11.3 Å². The molecule has 0 aliphatic carbocycles. The minimum atomic E-state index is 0.166. The number of anilines is 2. The van der Waals surface area contributed by atoms with Crippen molar-refractivity contribution in [3.05, 3.63) is 51.9 Å². The van der Waals surface area contributed by atoms with E-state index in [2.05, 4.69) is 16.8 Å². The molecule has 122 valence electrons. The molecule has 2 aromatic heterocycles. The van der Waals surface area contributed by atoms with Gasteiger partial charge < -0.3 is 17.2 Å². The Hall–Kier alpha value is -2.95. The minimum absolute atomic E-state index is 0.166. The second-order valence-corrected chi connectivity index (χ2v) is 5.83. The highest BCUT2D eigenvalue weighted by molar-refractivity contribution is 7.20. The highest BCUT2D eigenvalue weighted by Gasteiger charge is 2.20. The maximum atomic E-state index is 11.1. The van der Waals surface area contributed by atoms with E-state index in [1.54, 1.807) is 0 Å². The van der Waals surface area contributed by atoms with Gasteiger partial charge >= 0.3 is 0 Å². The van der Waals surface area contributed by atoms with Gasteiger partial charge in [-0.3, -0.25) is 4.79 Å². The maximum Gasteiger partial charge on any atom is 0.162 e. The van der Waals surface area contributed by atoms with Crippen molar-refractivity contribution in [1.29, 1.82) is 5.26 Å². The fraction of sp³-hybridized carbons (Fsp3) is 0.118. The molecule has 0 saturated heterocycles. The van der Waals surface area contributed by atoms with Crippen LogP contribution in [0.15, 0.2) is 30.3 Å². The first-order chi connectivity index (χ1) is 11.7. The van der Waals surface area contributed by atoms with Crippen LogP contribution in [0.4, 0.5) is 11.5 Å². The highest BCUT2D eigenvalue weighted by atomic mass is 32.1. The Morgan fingerprint density at radius 1 is 1.25 bits per heavy atom. The summed E-state index contributed by atoms with van der Waals surface area (Å²) in [5.74, 6) is 0.166. The van der Waals surface area contributed by atoms with E-state index in [4.69, 9.17) is 11.5 Å². The topological polar surface area (TPSA) is 132 Å². The van der Waals surface area contributed by atoms with Gasteiger partial charge in [0.15, 0.2) is 6.29 Å². The molecular weight excluding hydrogens is 322 g/mol. The van der Waals surface area contributed by atoms with E-state index in [0.717, 1.165) is 11.1 Å². The van der Waals surface area contributed by atoms with Gasteiger partial charge in [-0.05, 0) is 24.6 Å². The summed E-state index contributed by atoms with van der Waals surface area (Å²) in [4.78, 5) is 16.3. The van der Waals surface area contributed by atoms with E-state index in [0.29, 0.717) is 39.1 Å². The van der Waals surface area contributed by atoms with Gasteiger partial charge in [0, 0.05) is 5.39 Å². The number of benzene rings is 1. The number of nitrogens with two attached hydrogens (primary N) is 3. The van der Waals surface area contributed by atoms with Crippen LogP contribution < -0.4 is 17.2 Å². The van der Waals surface area contributed by atoms with Crippen molar-refractivity contribution in [2.24, 2.45) is 5.73 Å². The molecule has 0 aliphatic rings. The number of hydrogen-bond donors (Lipinski definition) is 3. The number of nitrogen functional groups attached to an aromatic ring is 2. The van der Waals surface area contributed by atoms with E-state index in [9.17, 15) is 10.1 Å². The summed E-state index contributed by atoms with van der Waals surface area (Å²) < 4.78 is 0. The van der Waals surface area contributed by atoms with Crippen molar-refractivity contribution >= 4 is 39.3 Å². The van der Waals surface area contributed by atoms with Crippen molar-refractivity contribution in [2.45, 2.75) is 6.42 Å². The molecular formula is C17H17N5OS. The quantitative estimate of drug-likeness (QED) is 0.627. The molecule has 3 rings (SSSR count). The molecule has 24 heavy (non-hydrogen) atoms. The van der Waals surface area contributed by atoms with Crippen LogP contribution in [0.3, 0.4) is 0 Å². The van der Waals surface area contributed by atoms with E-state index in [1.807, 2.05) is 30.3 Å². The van der Waals surface area contributed by atoms with E-state index in [1.165, 1.54) is 18.4 Å². The molecule has 2 heterocycles. The van der Waals surface area contributed by atoms with Gasteiger partial charge in [0.1, 0.15) is 16.7 Å². The summed E-state index contributed by atoms with van der Waals surface area (Å²) in [5, 5.41) is 10.1. The zero-order valence-corrected chi connectivity index (χ0v) is 13.9. The first-order valence-corrected chi connectivity index (χ1v) is 7.94. The molecule has 0 aliphatic heterocycles. The van der Waals surface area contributed by atoms with Crippen LogP contribution in [0.5, 0.6) is 0 Å². The lowest BCUT2D eigenvalue weighted by Gasteiger charge is -2.09. The van der Waals surface area contributed by atoms with E-state index < -0.39 is 0 Å². The Morgan fingerprint density at radius 3 is 2.50 bits per heavy atom. The Labute approximate surface area is 143 Å². The van der Waals surface area contributed by atoms with Crippen molar-refractivity contribution in [3.8, 4) is 6.07 Å². The number of carbonyl (C=O) groups excluding carboxylic acids is 1. The maximum absolute atomic E-state index is 11.1. The van der Waals surface area contributed by atoms with Crippen LogP contribution in [0, 0.1) is 11.3 Å². The second-order valence-electron chi connectivity index (χ2n) is 4.80. The standard InChI is InChI=1S/C16H12N4OS.CH5N/c17-7-11-10(6-9-4-2-1-3-5-9)13-14(18)12(8-21)22-16(13)20-15(11)19;1-2/h1-5,8H,6,18H2,(H2,19,20);2H2,1H3. The summed E-state index contributed by atoms with van der Waals surface area (Å²) in [6, 6.07) is 11.8. The number of aromatic nitrogens is 1. The van der Waals surface area contributed by atoms with Gasteiger partial charge in [-0.2, -0.15) is 5.26 Å². The summed E-state index contributed by atoms with van der Waals surface area (Å²) in [5.41, 5.74) is 18.9.